The summed E-state index contributed by atoms with van der Waals surface area (Å²) in [6.45, 7) is 2.01. The molecular weight excluding hydrogens is 236 g/mol. The molecule has 0 unspecified atom stereocenters. The van der Waals surface area contributed by atoms with Crippen molar-refractivity contribution in [1.82, 2.24) is 20.2 Å². The van der Waals surface area contributed by atoms with Crippen LogP contribution in [0.15, 0.2) is 24.5 Å². The topological polar surface area (TPSA) is 57.4 Å². The first-order chi connectivity index (χ1) is 9.31. The van der Waals surface area contributed by atoms with Gasteiger partial charge in [0.05, 0.1) is 5.69 Å². The highest BCUT2D eigenvalue weighted by Crippen LogP contribution is 2.40. The van der Waals surface area contributed by atoms with Gasteiger partial charge < -0.3 is 4.98 Å². The predicted octanol–water partition coefficient (Wildman–Crippen LogP) is 3.53. The number of pyridine rings is 1. The average molecular weight is 252 g/mol. The maximum atomic E-state index is 4.52. The molecule has 0 bridgehead atoms. The Labute approximate surface area is 111 Å². The van der Waals surface area contributed by atoms with Crippen molar-refractivity contribution in [2.75, 3.05) is 0 Å². The number of aromatic amines is 2. The number of nitrogens with one attached hydrogen (secondary N) is 2. The summed E-state index contributed by atoms with van der Waals surface area (Å²) < 4.78 is 0. The fraction of sp³-hybridized carbons (Fsp3) is 0.333. The van der Waals surface area contributed by atoms with Gasteiger partial charge in [-0.3, -0.25) is 5.10 Å². The number of H-pyrrole nitrogens is 2. The minimum atomic E-state index is 0.715. The number of rotatable bonds is 2. The number of aryl methyl sites for hydroxylation is 1. The maximum Gasteiger partial charge on any atom is 0.137 e. The standard InChI is InChI=1S/C15H16N4/c1-9-5-14(19-18-9)11-6-12-13(10-3-2-4-10)8-17-15(12)16-7-11/h5-8,10H,2-4H2,1H3,(H,16,17)(H,18,19). The Balaban J connectivity index is 1.85. The van der Waals surface area contributed by atoms with Crippen molar-refractivity contribution in [1.29, 1.82) is 0 Å². The van der Waals surface area contributed by atoms with E-state index < -0.39 is 0 Å². The SMILES string of the molecule is Cc1cc(-c2cnc3[nH]cc(C4CCC4)c3c2)n[nH]1. The van der Waals surface area contributed by atoms with Crippen LogP contribution in [0.3, 0.4) is 0 Å². The molecule has 3 heterocycles. The van der Waals surface area contributed by atoms with Crippen LogP contribution in [0.4, 0.5) is 0 Å². The van der Waals surface area contributed by atoms with Gasteiger partial charge in [-0.25, -0.2) is 4.98 Å². The second-order valence-corrected chi connectivity index (χ2v) is 5.43. The molecule has 0 spiro atoms. The number of hydrogen-bond acceptors (Lipinski definition) is 2. The van der Waals surface area contributed by atoms with Crippen LogP contribution in [0.5, 0.6) is 0 Å². The lowest BCUT2D eigenvalue weighted by Crippen LogP contribution is -2.07. The van der Waals surface area contributed by atoms with E-state index in [4.69, 9.17) is 0 Å². The van der Waals surface area contributed by atoms with Crippen LogP contribution in [0.2, 0.25) is 0 Å². The summed E-state index contributed by atoms with van der Waals surface area (Å²) in [7, 11) is 0. The van der Waals surface area contributed by atoms with Gasteiger partial charge in [-0.15, -0.1) is 0 Å². The number of fused-ring (bicyclic) bond motifs is 1. The molecule has 1 aliphatic rings. The monoisotopic (exact) mass is 252 g/mol. The van der Waals surface area contributed by atoms with E-state index in [9.17, 15) is 0 Å². The molecule has 4 nitrogen and oxygen atoms in total. The minimum Gasteiger partial charge on any atom is -0.346 e. The van der Waals surface area contributed by atoms with E-state index in [1.54, 1.807) is 0 Å². The quantitative estimate of drug-likeness (QED) is 0.733. The molecule has 2 N–H and O–H groups in total. The highest BCUT2D eigenvalue weighted by atomic mass is 15.1. The van der Waals surface area contributed by atoms with E-state index in [-0.39, 0.29) is 0 Å². The van der Waals surface area contributed by atoms with Crippen LogP contribution in [0.25, 0.3) is 22.3 Å². The van der Waals surface area contributed by atoms with Gasteiger partial charge in [0.1, 0.15) is 5.65 Å². The Morgan fingerprint density at radius 2 is 2.16 bits per heavy atom. The molecule has 0 radical (unpaired) electrons. The van der Waals surface area contributed by atoms with Crippen molar-refractivity contribution in [2.45, 2.75) is 32.1 Å². The van der Waals surface area contributed by atoms with Crippen LogP contribution in [0.1, 0.15) is 36.4 Å². The molecule has 0 aromatic carbocycles. The second-order valence-electron chi connectivity index (χ2n) is 5.43. The van der Waals surface area contributed by atoms with Crippen molar-refractivity contribution in [2.24, 2.45) is 0 Å². The second kappa shape index (κ2) is 3.95. The fourth-order valence-corrected chi connectivity index (χ4v) is 2.79. The fourth-order valence-electron chi connectivity index (χ4n) is 2.79. The summed E-state index contributed by atoms with van der Waals surface area (Å²) in [6, 6.07) is 4.26. The first-order valence-electron chi connectivity index (χ1n) is 6.80. The van der Waals surface area contributed by atoms with Gasteiger partial charge in [-0.05, 0) is 43.4 Å². The largest absolute Gasteiger partial charge is 0.346 e. The normalized spacial score (nSPS) is 15.8. The van der Waals surface area contributed by atoms with Crippen LogP contribution in [-0.2, 0) is 0 Å². The Morgan fingerprint density at radius 1 is 1.26 bits per heavy atom. The molecule has 1 aliphatic carbocycles. The first kappa shape index (κ1) is 10.8. The van der Waals surface area contributed by atoms with E-state index in [0.717, 1.165) is 22.6 Å². The molecule has 1 fully saturated rings. The third-order valence-electron chi connectivity index (χ3n) is 4.11. The molecule has 3 aromatic heterocycles. The van der Waals surface area contributed by atoms with Crippen LogP contribution in [-0.4, -0.2) is 20.2 Å². The molecular formula is C15H16N4. The summed E-state index contributed by atoms with van der Waals surface area (Å²) >= 11 is 0. The van der Waals surface area contributed by atoms with E-state index in [1.165, 1.54) is 30.2 Å². The zero-order valence-electron chi connectivity index (χ0n) is 10.9. The molecule has 4 heteroatoms. The van der Waals surface area contributed by atoms with E-state index in [1.807, 2.05) is 13.1 Å². The van der Waals surface area contributed by atoms with Crippen LogP contribution < -0.4 is 0 Å². The smallest absolute Gasteiger partial charge is 0.137 e. The minimum absolute atomic E-state index is 0.715. The number of hydrogen-bond donors (Lipinski definition) is 2. The van der Waals surface area contributed by atoms with Gasteiger partial charge in [0.15, 0.2) is 0 Å². The van der Waals surface area contributed by atoms with Gasteiger partial charge in [0.25, 0.3) is 0 Å². The summed E-state index contributed by atoms with van der Waals surface area (Å²) in [6.07, 6.45) is 7.97. The third-order valence-corrected chi connectivity index (χ3v) is 4.11. The summed E-state index contributed by atoms with van der Waals surface area (Å²) in [5.41, 5.74) is 5.52. The Kier molecular flexibility index (Phi) is 2.24. The highest BCUT2D eigenvalue weighted by molar-refractivity contribution is 5.84. The molecule has 0 atom stereocenters. The van der Waals surface area contributed by atoms with Crippen LogP contribution in [0, 0.1) is 6.92 Å². The van der Waals surface area contributed by atoms with Gasteiger partial charge >= 0.3 is 0 Å². The highest BCUT2D eigenvalue weighted by Gasteiger charge is 2.22. The van der Waals surface area contributed by atoms with Crippen molar-refractivity contribution < 1.29 is 0 Å². The van der Waals surface area contributed by atoms with Crippen molar-refractivity contribution in [3.05, 3.63) is 35.8 Å². The van der Waals surface area contributed by atoms with Gasteiger partial charge in [-0.2, -0.15) is 5.10 Å². The predicted molar refractivity (Wildman–Crippen MR) is 75.0 cm³/mol. The zero-order valence-corrected chi connectivity index (χ0v) is 10.9. The Bertz CT molecular complexity index is 734. The number of aromatic nitrogens is 4. The summed E-state index contributed by atoms with van der Waals surface area (Å²) in [4.78, 5) is 7.80. The van der Waals surface area contributed by atoms with Gasteiger partial charge in [0, 0.05) is 29.0 Å². The average Bonchev–Trinajstić information content (AvgIpc) is 2.94. The third kappa shape index (κ3) is 1.67. The molecule has 0 aliphatic heterocycles. The van der Waals surface area contributed by atoms with Crippen molar-refractivity contribution in [3.8, 4) is 11.3 Å². The number of nitrogens with zero attached hydrogens (tertiary/aromatic N) is 2. The van der Waals surface area contributed by atoms with Crippen molar-refractivity contribution in [3.63, 3.8) is 0 Å². The lowest BCUT2D eigenvalue weighted by atomic mass is 9.80. The van der Waals surface area contributed by atoms with Gasteiger partial charge in [0.2, 0.25) is 0 Å². The Morgan fingerprint density at radius 3 is 2.84 bits per heavy atom. The molecule has 19 heavy (non-hydrogen) atoms. The van der Waals surface area contributed by atoms with E-state index in [0.29, 0.717) is 5.92 Å². The van der Waals surface area contributed by atoms with Crippen molar-refractivity contribution >= 4 is 11.0 Å². The molecule has 3 aromatic rings. The Hall–Kier alpha value is -2.10. The lowest BCUT2D eigenvalue weighted by Gasteiger charge is -2.24. The first-order valence-corrected chi connectivity index (χ1v) is 6.80. The lowest BCUT2D eigenvalue weighted by molar-refractivity contribution is 0.422. The zero-order chi connectivity index (χ0) is 12.8. The molecule has 4 rings (SSSR count). The van der Waals surface area contributed by atoms with E-state index >= 15 is 0 Å². The molecule has 1 saturated carbocycles. The van der Waals surface area contributed by atoms with Crippen LogP contribution >= 0.6 is 0 Å². The summed E-state index contributed by atoms with van der Waals surface area (Å²) in [5.74, 6) is 0.715. The molecule has 96 valence electrons. The van der Waals surface area contributed by atoms with E-state index in [2.05, 4.69) is 38.5 Å². The summed E-state index contributed by atoms with van der Waals surface area (Å²) in [5, 5.41) is 8.55. The molecule has 0 saturated heterocycles. The molecule has 0 amide bonds. The van der Waals surface area contributed by atoms with Gasteiger partial charge in [-0.1, -0.05) is 6.42 Å². The maximum absolute atomic E-state index is 4.52.